The first-order valence-electron chi connectivity index (χ1n) is 7.28. The highest BCUT2D eigenvalue weighted by molar-refractivity contribution is 9.10. The lowest BCUT2D eigenvalue weighted by molar-refractivity contribution is 0.0724. The number of halogens is 1. The standard InChI is InChI=1S/C16H22BrN3O/c1-16(2,13-18)20-9-7-19(8-10-20)11-12-21-15-5-3-14(17)4-6-15/h3-6H,7-12H2,1-2H3. The van der Waals surface area contributed by atoms with Crippen LogP contribution in [0.1, 0.15) is 13.8 Å². The van der Waals surface area contributed by atoms with Crippen LogP contribution in [0.5, 0.6) is 5.75 Å². The van der Waals surface area contributed by atoms with E-state index in [0.29, 0.717) is 6.61 Å². The van der Waals surface area contributed by atoms with E-state index in [9.17, 15) is 5.26 Å². The van der Waals surface area contributed by atoms with Gasteiger partial charge in [-0.05, 0) is 38.1 Å². The number of nitriles is 1. The first kappa shape index (κ1) is 16.3. The van der Waals surface area contributed by atoms with Crippen molar-refractivity contribution in [3.8, 4) is 11.8 Å². The molecule has 1 aliphatic rings. The Hall–Kier alpha value is -1.09. The molecule has 0 saturated carbocycles. The van der Waals surface area contributed by atoms with Crippen molar-refractivity contribution in [1.29, 1.82) is 5.26 Å². The smallest absolute Gasteiger partial charge is 0.119 e. The third-order valence-corrected chi connectivity index (χ3v) is 4.46. The van der Waals surface area contributed by atoms with Gasteiger partial charge in [0.1, 0.15) is 17.9 Å². The molecule has 0 atom stereocenters. The normalized spacial score (nSPS) is 17.4. The average Bonchev–Trinajstić information content (AvgIpc) is 2.50. The fraction of sp³-hybridized carbons (Fsp3) is 0.562. The van der Waals surface area contributed by atoms with Gasteiger partial charge in [0.2, 0.25) is 0 Å². The maximum absolute atomic E-state index is 9.17. The summed E-state index contributed by atoms with van der Waals surface area (Å²) in [6, 6.07) is 10.3. The van der Waals surface area contributed by atoms with Gasteiger partial charge in [0, 0.05) is 37.2 Å². The molecule has 114 valence electrons. The molecule has 1 fully saturated rings. The number of piperazine rings is 1. The molecule has 0 amide bonds. The van der Waals surface area contributed by atoms with E-state index < -0.39 is 0 Å². The number of benzene rings is 1. The molecule has 0 bridgehead atoms. The Kier molecular flexibility index (Phi) is 5.63. The summed E-state index contributed by atoms with van der Waals surface area (Å²) in [5.41, 5.74) is -0.361. The zero-order chi connectivity index (χ0) is 15.3. The first-order valence-corrected chi connectivity index (χ1v) is 8.07. The van der Waals surface area contributed by atoms with E-state index >= 15 is 0 Å². The average molecular weight is 352 g/mol. The lowest BCUT2D eigenvalue weighted by Crippen LogP contribution is -2.54. The van der Waals surface area contributed by atoms with Crippen LogP contribution in [0, 0.1) is 11.3 Å². The van der Waals surface area contributed by atoms with E-state index in [2.05, 4.69) is 31.8 Å². The van der Waals surface area contributed by atoms with Crippen LogP contribution >= 0.6 is 15.9 Å². The number of hydrogen-bond acceptors (Lipinski definition) is 4. The predicted octanol–water partition coefficient (Wildman–Crippen LogP) is 2.75. The van der Waals surface area contributed by atoms with Crippen molar-refractivity contribution in [2.45, 2.75) is 19.4 Å². The van der Waals surface area contributed by atoms with Crippen molar-refractivity contribution < 1.29 is 4.74 Å². The maximum Gasteiger partial charge on any atom is 0.119 e. The number of nitrogens with zero attached hydrogens (tertiary/aromatic N) is 3. The quantitative estimate of drug-likeness (QED) is 0.817. The number of rotatable bonds is 5. The van der Waals surface area contributed by atoms with Gasteiger partial charge in [0.15, 0.2) is 0 Å². The molecular weight excluding hydrogens is 330 g/mol. The molecule has 1 saturated heterocycles. The van der Waals surface area contributed by atoms with Crippen LogP contribution in [0.4, 0.5) is 0 Å². The number of hydrogen-bond donors (Lipinski definition) is 0. The van der Waals surface area contributed by atoms with Gasteiger partial charge in [-0.1, -0.05) is 15.9 Å². The zero-order valence-electron chi connectivity index (χ0n) is 12.7. The fourth-order valence-corrected chi connectivity index (χ4v) is 2.69. The highest BCUT2D eigenvalue weighted by atomic mass is 79.9. The number of ether oxygens (including phenoxy) is 1. The third-order valence-electron chi connectivity index (χ3n) is 3.93. The van der Waals surface area contributed by atoms with Gasteiger partial charge in [0.25, 0.3) is 0 Å². The summed E-state index contributed by atoms with van der Waals surface area (Å²) in [6.07, 6.45) is 0. The Morgan fingerprint density at radius 1 is 1.19 bits per heavy atom. The first-order chi connectivity index (χ1) is 10.0. The van der Waals surface area contributed by atoms with E-state index in [-0.39, 0.29) is 5.54 Å². The molecule has 0 aliphatic carbocycles. The van der Waals surface area contributed by atoms with E-state index in [1.807, 2.05) is 38.1 Å². The lowest BCUT2D eigenvalue weighted by atomic mass is 10.0. The second-order valence-electron chi connectivity index (χ2n) is 5.80. The minimum absolute atomic E-state index is 0.361. The van der Waals surface area contributed by atoms with Crippen LogP contribution in [-0.4, -0.2) is 54.7 Å². The van der Waals surface area contributed by atoms with Gasteiger partial charge in [-0.3, -0.25) is 9.80 Å². The summed E-state index contributed by atoms with van der Waals surface area (Å²) in [4.78, 5) is 4.64. The molecule has 0 N–H and O–H groups in total. The highest BCUT2D eigenvalue weighted by Crippen LogP contribution is 2.17. The van der Waals surface area contributed by atoms with Crippen molar-refractivity contribution in [2.75, 3.05) is 39.3 Å². The molecule has 1 aromatic carbocycles. The summed E-state index contributed by atoms with van der Waals surface area (Å²) < 4.78 is 6.81. The second kappa shape index (κ2) is 7.26. The van der Waals surface area contributed by atoms with E-state index in [1.165, 1.54) is 0 Å². The highest BCUT2D eigenvalue weighted by Gasteiger charge is 2.29. The largest absolute Gasteiger partial charge is 0.492 e. The molecule has 0 radical (unpaired) electrons. The molecule has 2 rings (SSSR count). The minimum atomic E-state index is -0.361. The van der Waals surface area contributed by atoms with E-state index in [4.69, 9.17) is 4.74 Å². The minimum Gasteiger partial charge on any atom is -0.492 e. The van der Waals surface area contributed by atoms with E-state index in [1.54, 1.807) is 0 Å². The predicted molar refractivity (Wildman–Crippen MR) is 87.3 cm³/mol. The molecule has 4 nitrogen and oxygen atoms in total. The SMILES string of the molecule is CC(C)(C#N)N1CCN(CCOc2ccc(Br)cc2)CC1. The molecule has 5 heteroatoms. The van der Waals surface area contributed by atoms with Gasteiger partial charge in [0.05, 0.1) is 6.07 Å². The molecule has 0 spiro atoms. The molecule has 21 heavy (non-hydrogen) atoms. The maximum atomic E-state index is 9.17. The molecule has 0 aromatic heterocycles. The molecule has 1 heterocycles. The van der Waals surface area contributed by atoms with Crippen molar-refractivity contribution in [3.05, 3.63) is 28.7 Å². The van der Waals surface area contributed by atoms with Crippen LogP contribution in [0.2, 0.25) is 0 Å². The molecule has 1 aliphatic heterocycles. The molecule has 0 unspecified atom stereocenters. The van der Waals surface area contributed by atoms with Crippen molar-refractivity contribution >= 4 is 15.9 Å². The summed E-state index contributed by atoms with van der Waals surface area (Å²) in [5, 5.41) is 9.17. The zero-order valence-corrected chi connectivity index (χ0v) is 14.3. The molecule has 1 aromatic rings. The van der Waals surface area contributed by atoms with Crippen LogP contribution in [0.15, 0.2) is 28.7 Å². The van der Waals surface area contributed by atoms with Crippen molar-refractivity contribution in [2.24, 2.45) is 0 Å². The summed E-state index contributed by atoms with van der Waals surface area (Å²) in [7, 11) is 0. The Balaban J connectivity index is 1.70. The summed E-state index contributed by atoms with van der Waals surface area (Å²) in [5.74, 6) is 0.905. The van der Waals surface area contributed by atoms with Crippen LogP contribution in [0.25, 0.3) is 0 Å². The van der Waals surface area contributed by atoms with Crippen LogP contribution < -0.4 is 4.74 Å². The fourth-order valence-electron chi connectivity index (χ4n) is 2.42. The van der Waals surface area contributed by atoms with Gasteiger partial charge >= 0.3 is 0 Å². The van der Waals surface area contributed by atoms with Gasteiger partial charge in [-0.15, -0.1) is 0 Å². The van der Waals surface area contributed by atoms with Gasteiger partial charge in [-0.25, -0.2) is 0 Å². The van der Waals surface area contributed by atoms with Gasteiger partial charge < -0.3 is 4.74 Å². The summed E-state index contributed by atoms with van der Waals surface area (Å²) >= 11 is 3.41. The van der Waals surface area contributed by atoms with E-state index in [0.717, 1.165) is 42.9 Å². The van der Waals surface area contributed by atoms with Crippen LogP contribution in [-0.2, 0) is 0 Å². The summed E-state index contributed by atoms with van der Waals surface area (Å²) in [6.45, 7) is 9.47. The second-order valence-corrected chi connectivity index (χ2v) is 6.72. The molecular formula is C16H22BrN3O. The Morgan fingerprint density at radius 2 is 1.81 bits per heavy atom. The van der Waals surface area contributed by atoms with Crippen LogP contribution in [0.3, 0.4) is 0 Å². The van der Waals surface area contributed by atoms with Gasteiger partial charge in [-0.2, -0.15) is 5.26 Å². The Morgan fingerprint density at radius 3 is 2.38 bits per heavy atom. The third kappa shape index (κ3) is 4.70. The lowest BCUT2D eigenvalue weighted by Gasteiger charge is -2.40. The topological polar surface area (TPSA) is 39.5 Å². The monoisotopic (exact) mass is 351 g/mol. The Labute approximate surface area is 135 Å². The van der Waals surface area contributed by atoms with Crippen molar-refractivity contribution in [1.82, 2.24) is 9.80 Å². The van der Waals surface area contributed by atoms with Crippen molar-refractivity contribution in [3.63, 3.8) is 0 Å². The Bertz CT molecular complexity index is 487.